The van der Waals surface area contributed by atoms with Crippen LogP contribution in [-0.2, 0) is 0 Å². The molecule has 3 aromatic rings. The number of hydrogen-bond donors (Lipinski definition) is 2. The Labute approximate surface area is 143 Å². The zero-order chi connectivity index (χ0) is 17.1. The normalized spacial score (nSPS) is 10.6. The van der Waals surface area contributed by atoms with E-state index >= 15 is 0 Å². The summed E-state index contributed by atoms with van der Waals surface area (Å²) in [7, 11) is 0. The topological polar surface area (TPSA) is 66.9 Å². The van der Waals surface area contributed by atoms with Crippen molar-refractivity contribution in [2.75, 3.05) is 11.6 Å². The van der Waals surface area contributed by atoms with Crippen LogP contribution < -0.4 is 11.0 Å². The van der Waals surface area contributed by atoms with Crippen LogP contribution in [-0.4, -0.2) is 21.7 Å². The Morgan fingerprint density at radius 2 is 1.75 bits per heavy atom. The first-order valence-corrected chi connectivity index (χ1v) is 8.64. The number of H-pyrrole nitrogens is 1. The van der Waals surface area contributed by atoms with E-state index in [0.717, 1.165) is 22.0 Å². The Bertz CT molecular complexity index is 909. The van der Waals surface area contributed by atoms with Crippen LogP contribution in [0.15, 0.2) is 64.4 Å². The van der Waals surface area contributed by atoms with E-state index in [1.165, 1.54) is 0 Å². The molecule has 6 heteroatoms. The Morgan fingerprint density at radius 3 is 2.29 bits per heavy atom. The van der Waals surface area contributed by atoms with E-state index in [-0.39, 0.29) is 11.6 Å². The van der Waals surface area contributed by atoms with Crippen LogP contribution >= 0.6 is 11.8 Å². The number of nitrogens with one attached hydrogen (secondary N) is 2. The fraction of sp³-hybridized carbons (Fsp3) is 0.111. The largest absolute Gasteiger partial charge is 0.330 e. The quantitative estimate of drug-likeness (QED) is 0.716. The smallest absolute Gasteiger partial charge is 0.322 e. The maximum absolute atomic E-state index is 12.3. The van der Waals surface area contributed by atoms with E-state index in [1.807, 2.05) is 37.4 Å². The molecule has 2 N–H and O–H groups in total. The summed E-state index contributed by atoms with van der Waals surface area (Å²) in [5.41, 5.74) is 2.62. The third-order valence-corrected chi connectivity index (χ3v) is 4.44. The lowest BCUT2D eigenvalue weighted by atomic mass is 10.2. The lowest BCUT2D eigenvalue weighted by Crippen LogP contribution is -2.16. The van der Waals surface area contributed by atoms with Crippen LogP contribution in [0.5, 0.6) is 0 Å². The molecule has 5 nitrogen and oxygen atoms in total. The molecule has 0 bridgehead atoms. The van der Waals surface area contributed by atoms with Gasteiger partial charge in [-0.1, -0.05) is 0 Å². The molecule has 0 aliphatic rings. The first-order chi connectivity index (χ1) is 11.6. The van der Waals surface area contributed by atoms with Gasteiger partial charge in [-0.15, -0.1) is 11.8 Å². The molecule has 0 atom stereocenters. The predicted molar refractivity (Wildman–Crippen MR) is 97.3 cm³/mol. The number of aromatic amines is 1. The van der Waals surface area contributed by atoms with Gasteiger partial charge in [0.25, 0.3) is 5.91 Å². The van der Waals surface area contributed by atoms with Crippen LogP contribution in [0.1, 0.15) is 16.1 Å². The van der Waals surface area contributed by atoms with Crippen LogP contribution in [0, 0.1) is 6.92 Å². The molecule has 0 saturated heterocycles. The van der Waals surface area contributed by atoms with Crippen molar-refractivity contribution < 1.29 is 4.79 Å². The van der Waals surface area contributed by atoms with Crippen molar-refractivity contribution in [3.8, 4) is 5.69 Å². The van der Waals surface area contributed by atoms with Gasteiger partial charge in [0.05, 0.1) is 5.69 Å². The second-order valence-electron chi connectivity index (χ2n) is 5.30. The molecule has 24 heavy (non-hydrogen) atoms. The highest BCUT2D eigenvalue weighted by Gasteiger charge is 2.09. The molecule has 122 valence electrons. The number of carbonyl (C=O) groups excluding carboxylic acids is 1. The SMILES string of the molecule is CSc1ccc(NC(=O)c2ccc(-n3c(C)c[nH]c3=O)cc2)cc1. The van der Waals surface area contributed by atoms with Gasteiger partial charge in [0, 0.05) is 28.0 Å². The molecule has 0 spiro atoms. The number of rotatable bonds is 4. The van der Waals surface area contributed by atoms with Gasteiger partial charge >= 0.3 is 5.69 Å². The highest BCUT2D eigenvalue weighted by molar-refractivity contribution is 7.98. The second kappa shape index (κ2) is 6.80. The Balaban J connectivity index is 1.77. The molecular weight excluding hydrogens is 322 g/mol. The highest BCUT2D eigenvalue weighted by Crippen LogP contribution is 2.18. The van der Waals surface area contributed by atoms with Crippen LogP contribution in [0.3, 0.4) is 0 Å². The number of benzene rings is 2. The molecule has 0 unspecified atom stereocenters. The van der Waals surface area contributed by atoms with Crippen molar-refractivity contribution in [1.82, 2.24) is 9.55 Å². The van der Waals surface area contributed by atoms with Gasteiger partial charge in [-0.3, -0.25) is 9.36 Å². The van der Waals surface area contributed by atoms with Gasteiger partial charge < -0.3 is 10.3 Å². The van der Waals surface area contributed by atoms with Crippen LogP contribution in [0.25, 0.3) is 5.69 Å². The molecule has 0 saturated carbocycles. The van der Waals surface area contributed by atoms with Gasteiger partial charge in [-0.2, -0.15) is 0 Å². The third-order valence-electron chi connectivity index (χ3n) is 3.70. The number of imidazole rings is 1. The van der Waals surface area contributed by atoms with E-state index < -0.39 is 0 Å². The van der Waals surface area contributed by atoms with Crippen molar-refractivity contribution in [1.29, 1.82) is 0 Å². The van der Waals surface area contributed by atoms with Gasteiger partial charge in [-0.05, 0) is 61.7 Å². The number of aryl methyl sites for hydroxylation is 1. The number of thioether (sulfide) groups is 1. The summed E-state index contributed by atoms with van der Waals surface area (Å²) in [5, 5.41) is 2.86. The molecule has 1 aromatic heterocycles. The van der Waals surface area contributed by atoms with E-state index in [1.54, 1.807) is 46.8 Å². The highest BCUT2D eigenvalue weighted by atomic mass is 32.2. The van der Waals surface area contributed by atoms with E-state index in [4.69, 9.17) is 0 Å². The van der Waals surface area contributed by atoms with E-state index in [0.29, 0.717) is 5.56 Å². The summed E-state index contributed by atoms with van der Waals surface area (Å²) in [6.45, 7) is 1.84. The Hall–Kier alpha value is -2.73. The zero-order valence-corrected chi connectivity index (χ0v) is 14.2. The van der Waals surface area contributed by atoms with Crippen LogP contribution in [0.2, 0.25) is 0 Å². The minimum absolute atomic E-state index is 0.184. The average molecular weight is 339 g/mol. The monoisotopic (exact) mass is 339 g/mol. The molecule has 2 aromatic carbocycles. The molecule has 3 rings (SSSR count). The molecule has 0 radical (unpaired) electrons. The number of hydrogen-bond acceptors (Lipinski definition) is 3. The number of aromatic nitrogens is 2. The minimum Gasteiger partial charge on any atom is -0.322 e. The minimum atomic E-state index is -0.196. The lowest BCUT2D eigenvalue weighted by molar-refractivity contribution is 0.102. The van der Waals surface area contributed by atoms with Crippen molar-refractivity contribution in [2.24, 2.45) is 0 Å². The van der Waals surface area contributed by atoms with Gasteiger partial charge in [0.1, 0.15) is 0 Å². The summed E-state index contributed by atoms with van der Waals surface area (Å²) in [6.07, 6.45) is 3.66. The first-order valence-electron chi connectivity index (χ1n) is 7.41. The van der Waals surface area contributed by atoms with Crippen molar-refractivity contribution in [3.63, 3.8) is 0 Å². The number of amides is 1. The molecule has 0 aliphatic heterocycles. The van der Waals surface area contributed by atoms with E-state index in [9.17, 15) is 9.59 Å². The maximum Gasteiger partial charge on any atom is 0.330 e. The molecular formula is C18H17N3O2S. The van der Waals surface area contributed by atoms with Crippen LogP contribution in [0.4, 0.5) is 5.69 Å². The van der Waals surface area contributed by atoms with Crippen molar-refractivity contribution >= 4 is 23.4 Å². The maximum atomic E-state index is 12.3. The Morgan fingerprint density at radius 1 is 1.08 bits per heavy atom. The molecule has 1 amide bonds. The first kappa shape index (κ1) is 16.1. The van der Waals surface area contributed by atoms with Gasteiger partial charge in [0.2, 0.25) is 0 Å². The third kappa shape index (κ3) is 3.28. The molecule has 0 fully saturated rings. The number of carbonyl (C=O) groups is 1. The number of anilines is 1. The van der Waals surface area contributed by atoms with Crippen molar-refractivity contribution in [3.05, 3.63) is 76.5 Å². The fourth-order valence-electron chi connectivity index (χ4n) is 2.42. The summed E-state index contributed by atoms with van der Waals surface area (Å²) in [5.74, 6) is -0.184. The summed E-state index contributed by atoms with van der Waals surface area (Å²) in [4.78, 5) is 27.9. The summed E-state index contributed by atoms with van der Waals surface area (Å²) in [6, 6.07) is 14.6. The standard InChI is InChI=1S/C18H17N3O2S/c1-12-11-19-18(23)21(12)15-7-3-13(4-8-15)17(22)20-14-5-9-16(24-2)10-6-14/h3-11H,1-2H3,(H,19,23)(H,20,22). The molecule has 1 heterocycles. The predicted octanol–water partition coefficient (Wildman–Crippen LogP) is 3.45. The summed E-state index contributed by atoms with van der Waals surface area (Å²) >= 11 is 1.65. The van der Waals surface area contributed by atoms with Gasteiger partial charge in [0.15, 0.2) is 0 Å². The zero-order valence-electron chi connectivity index (χ0n) is 13.4. The lowest BCUT2D eigenvalue weighted by Gasteiger charge is -2.08. The average Bonchev–Trinajstić information content (AvgIpc) is 2.94. The van der Waals surface area contributed by atoms with Gasteiger partial charge in [-0.25, -0.2) is 4.79 Å². The van der Waals surface area contributed by atoms with Crippen molar-refractivity contribution in [2.45, 2.75) is 11.8 Å². The Kier molecular flexibility index (Phi) is 4.57. The second-order valence-corrected chi connectivity index (χ2v) is 6.18. The fourth-order valence-corrected chi connectivity index (χ4v) is 2.82. The molecule has 0 aliphatic carbocycles. The van der Waals surface area contributed by atoms with E-state index in [2.05, 4.69) is 10.3 Å². The number of nitrogens with zero attached hydrogens (tertiary/aromatic N) is 1. The summed E-state index contributed by atoms with van der Waals surface area (Å²) < 4.78 is 1.56.